The van der Waals surface area contributed by atoms with Gasteiger partial charge in [0.25, 0.3) is 0 Å². The second-order valence-corrected chi connectivity index (χ2v) is 12.0. The van der Waals surface area contributed by atoms with E-state index in [9.17, 15) is 0 Å². The summed E-state index contributed by atoms with van der Waals surface area (Å²) in [6.07, 6.45) is 0. The summed E-state index contributed by atoms with van der Waals surface area (Å²) in [6.45, 7) is 11.1. The molecule has 0 radical (unpaired) electrons. The highest BCUT2D eigenvalue weighted by molar-refractivity contribution is 5.90. The monoisotopic (exact) mass is 546 g/mol. The van der Waals surface area contributed by atoms with Crippen LogP contribution in [0.3, 0.4) is 0 Å². The van der Waals surface area contributed by atoms with Crippen molar-refractivity contribution in [2.45, 2.75) is 40.0 Å². The number of aryl methyl sites for hydroxylation is 2. The second kappa shape index (κ2) is 9.85. The van der Waals surface area contributed by atoms with E-state index in [-0.39, 0.29) is 5.41 Å². The van der Waals surface area contributed by atoms with Gasteiger partial charge in [0, 0.05) is 11.4 Å². The molecule has 0 N–H and O–H groups in total. The van der Waals surface area contributed by atoms with Crippen molar-refractivity contribution in [2.24, 2.45) is 0 Å². The van der Waals surface area contributed by atoms with Crippen LogP contribution >= 0.6 is 0 Å². The number of imidazole rings is 2. The van der Waals surface area contributed by atoms with Crippen LogP contribution in [0.1, 0.15) is 38.0 Å². The molecule has 206 valence electrons. The molecule has 42 heavy (non-hydrogen) atoms. The molecule has 2 aromatic heterocycles. The van der Waals surface area contributed by atoms with E-state index in [0.717, 1.165) is 45.1 Å². The zero-order chi connectivity index (χ0) is 29.0. The Labute approximate surface area is 246 Å². The number of nitrogens with zero attached hydrogens (tertiary/aromatic N) is 4. The Balaban J connectivity index is 1.43. The first-order valence-corrected chi connectivity index (χ1v) is 14.5. The van der Waals surface area contributed by atoms with E-state index in [0.29, 0.717) is 0 Å². The summed E-state index contributed by atoms with van der Waals surface area (Å²) < 4.78 is 4.50. The van der Waals surface area contributed by atoms with Gasteiger partial charge in [-0.1, -0.05) is 87.5 Å². The fourth-order valence-corrected chi connectivity index (χ4v) is 6.37. The molecule has 0 saturated carbocycles. The molecule has 0 amide bonds. The van der Waals surface area contributed by atoms with Gasteiger partial charge in [0.15, 0.2) is 0 Å². The minimum Gasteiger partial charge on any atom is -0.297 e. The minimum absolute atomic E-state index is 0.0962. The molecule has 0 aliphatic carbocycles. The molecule has 5 aromatic carbocycles. The zero-order valence-corrected chi connectivity index (χ0v) is 24.8. The summed E-state index contributed by atoms with van der Waals surface area (Å²) in [5, 5.41) is 0. The molecular formula is C38H34N4. The van der Waals surface area contributed by atoms with E-state index in [1.807, 2.05) is 0 Å². The van der Waals surface area contributed by atoms with Gasteiger partial charge in [0.05, 0.1) is 22.1 Å². The van der Waals surface area contributed by atoms with Gasteiger partial charge in [-0.25, -0.2) is 9.97 Å². The first-order chi connectivity index (χ1) is 20.3. The average molecular weight is 547 g/mol. The number of fused-ring (bicyclic) bond motifs is 2. The predicted octanol–water partition coefficient (Wildman–Crippen LogP) is 9.61. The van der Waals surface area contributed by atoms with E-state index in [1.165, 1.54) is 27.8 Å². The van der Waals surface area contributed by atoms with Gasteiger partial charge in [-0.2, -0.15) is 0 Å². The molecule has 0 saturated heterocycles. The summed E-state index contributed by atoms with van der Waals surface area (Å²) in [4.78, 5) is 9.76. The number of hydrogen-bond acceptors (Lipinski definition) is 2. The highest BCUT2D eigenvalue weighted by Gasteiger charge is 2.24. The zero-order valence-electron chi connectivity index (χ0n) is 24.8. The Kier molecular flexibility index (Phi) is 6.09. The van der Waals surface area contributed by atoms with Crippen molar-refractivity contribution >= 4 is 22.1 Å². The molecule has 7 rings (SSSR count). The highest BCUT2D eigenvalue weighted by atomic mass is 15.1. The van der Waals surface area contributed by atoms with E-state index in [2.05, 4.69) is 159 Å². The minimum atomic E-state index is -0.0962. The lowest BCUT2D eigenvalue weighted by molar-refractivity contribution is 0.593. The summed E-state index contributed by atoms with van der Waals surface area (Å²) in [5.41, 5.74) is 12.6. The van der Waals surface area contributed by atoms with E-state index >= 15 is 0 Å². The number of hydrogen-bond donors (Lipinski definition) is 0. The Morgan fingerprint density at radius 3 is 1.33 bits per heavy atom. The quantitative estimate of drug-likeness (QED) is 0.220. The molecule has 0 atom stereocenters. The van der Waals surface area contributed by atoms with Gasteiger partial charge < -0.3 is 0 Å². The first-order valence-electron chi connectivity index (χ1n) is 14.5. The first kappa shape index (κ1) is 26.0. The van der Waals surface area contributed by atoms with Crippen molar-refractivity contribution in [1.29, 1.82) is 0 Å². The number of benzene rings is 5. The van der Waals surface area contributed by atoms with Crippen molar-refractivity contribution in [3.05, 3.63) is 132 Å². The lowest BCUT2D eigenvalue weighted by Crippen LogP contribution is -2.14. The Hall–Kier alpha value is -4.96. The second-order valence-electron chi connectivity index (χ2n) is 12.0. The summed E-state index contributed by atoms with van der Waals surface area (Å²) >= 11 is 0. The SMILES string of the molecule is Cc1nc2ccc(-c3cccc(-c4ccc5nc(C)n(-c6ccccc6)c5c4)c3C(C)(C)C)cc2n1-c1ccccc1. The van der Waals surface area contributed by atoms with Crippen molar-refractivity contribution in [2.75, 3.05) is 0 Å². The Morgan fingerprint density at radius 2 is 0.929 bits per heavy atom. The van der Waals surface area contributed by atoms with E-state index in [4.69, 9.17) is 9.97 Å². The van der Waals surface area contributed by atoms with Crippen molar-refractivity contribution in [1.82, 2.24) is 19.1 Å². The summed E-state index contributed by atoms with van der Waals surface area (Å²) in [5.74, 6) is 1.97. The van der Waals surface area contributed by atoms with Crippen molar-refractivity contribution in [3.8, 4) is 33.6 Å². The number of rotatable bonds is 4. The molecule has 0 unspecified atom stereocenters. The van der Waals surface area contributed by atoms with E-state index in [1.54, 1.807) is 0 Å². The van der Waals surface area contributed by atoms with Crippen LogP contribution < -0.4 is 0 Å². The Bertz CT molecular complexity index is 1930. The molecule has 0 aliphatic heterocycles. The fraction of sp³-hybridized carbons (Fsp3) is 0.158. The summed E-state index contributed by atoms with van der Waals surface area (Å²) in [6, 6.07) is 41.0. The van der Waals surface area contributed by atoms with Gasteiger partial charge >= 0.3 is 0 Å². The lowest BCUT2D eigenvalue weighted by atomic mass is 9.77. The third-order valence-corrected chi connectivity index (χ3v) is 8.11. The molecule has 4 nitrogen and oxygen atoms in total. The maximum Gasteiger partial charge on any atom is 0.111 e. The number of para-hydroxylation sites is 2. The van der Waals surface area contributed by atoms with Gasteiger partial charge in [-0.05, 0) is 95.6 Å². The van der Waals surface area contributed by atoms with Crippen LogP contribution in [-0.2, 0) is 5.41 Å². The molecule has 7 aromatic rings. The standard InChI is InChI=1S/C38H34N4/c1-25-39-33-21-19-27(23-35(33)41(25)29-13-8-6-9-14-29)31-17-12-18-32(37(31)38(3,4)5)28-20-22-34-36(24-28)42(26(2)40-34)30-15-10-7-11-16-30/h6-24H,1-5H3. The predicted molar refractivity (Wildman–Crippen MR) is 175 cm³/mol. The van der Waals surface area contributed by atoms with Gasteiger partial charge in [0.1, 0.15) is 11.6 Å². The third kappa shape index (κ3) is 4.31. The molecule has 0 spiro atoms. The number of aromatic nitrogens is 4. The van der Waals surface area contributed by atoms with Crippen LogP contribution in [0.15, 0.2) is 115 Å². The van der Waals surface area contributed by atoms with Gasteiger partial charge in [-0.3, -0.25) is 9.13 Å². The molecule has 4 heteroatoms. The lowest BCUT2D eigenvalue weighted by Gasteiger charge is -2.27. The topological polar surface area (TPSA) is 35.6 Å². The highest BCUT2D eigenvalue weighted by Crippen LogP contribution is 2.42. The summed E-state index contributed by atoms with van der Waals surface area (Å²) in [7, 11) is 0. The molecule has 0 bridgehead atoms. The van der Waals surface area contributed by atoms with Crippen LogP contribution in [0.4, 0.5) is 0 Å². The Morgan fingerprint density at radius 1 is 0.500 bits per heavy atom. The fourth-order valence-electron chi connectivity index (χ4n) is 6.37. The smallest absolute Gasteiger partial charge is 0.111 e. The van der Waals surface area contributed by atoms with Crippen LogP contribution in [0.5, 0.6) is 0 Å². The molecule has 0 fully saturated rings. The average Bonchev–Trinajstić information content (AvgIpc) is 3.51. The van der Waals surface area contributed by atoms with Crippen LogP contribution in [0.2, 0.25) is 0 Å². The van der Waals surface area contributed by atoms with Gasteiger partial charge in [-0.15, -0.1) is 0 Å². The maximum absolute atomic E-state index is 4.88. The molecule has 0 aliphatic rings. The van der Waals surface area contributed by atoms with E-state index < -0.39 is 0 Å². The normalized spacial score (nSPS) is 11.9. The largest absolute Gasteiger partial charge is 0.297 e. The van der Waals surface area contributed by atoms with Gasteiger partial charge in [0.2, 0.25) is 0 Å². The van der Waals surface area contributed by atoms with Crippen LogP contribution in [-0.4, -0.2) is 19.1 Å². The van der Waals surface area contributed by atoms with Crippen molar-refractivity contribution < 1.29 is 0 Å². The van der Waals surface area contributed by atoms with Crippen LogP contribution in [0.25, 0.3) is 55.7 Å². The molecule has 2 heterocycles. The van der Waals surface area contributed by atoms with Crippen LogP contribution in [0, 0.1) is 13.8 Å². The third-order valence-electron chi connectivity index (χ3n) is 8.11. The molecular weight excluding hydrogens is 512 g/mol. The maximum atomic E-state index is 4.88. The van der Waals surface area contributed by atoms with Crippen molar-refractivity contribution in [3.63, 3.8) is 0 Å².